The zero-order valence-electron chi connectivity index (χ0n) is 10.3. The number of fused-ring (bicyclic) bond motifs is 3. The summed E-state index contributed by atoms with van der Waals surface area (Å²) >= 11 is 0. The molecule has 0 aromatic carbocycles. The van der Waals surface area contributed by atoms with Gasteiger partial charge in [-0.15, -0.1) is 0 Å². The lowest BCUT2D eigenvalue weighted by Gasteiger charge is -2.33. The summed E-state index contributed by atoms with van der Waals surface area (Å²) in [6, 6.07) is 0. The Kier molecular flexibility index (Phi) is 1.62. The Morgan fingerprint density at radius 1 is 1.18 bits per heavy atom. The van der Waals surface area contributed by atoms with Crippen molar-refractivity contribution in [2.75, 3.05) is 7.05 Å². The molecule has 3 heterocycles. The van der Waals surface area contributed by atoms with Crippen LogP contribution in [0.4, 0.5) is 0 Å². The van der Waals surface area contributed by atoms with E-state index in [4.69, 9.17) is 0 Å². The Bertz CT molecular complexity index is 609. The van der Waals surface area contributed by atoms with E-state index < -0.39 is 0 Å². The monoisotopic (exact) mass is 228 g/mol. The molecule has 0 radical (unpaired) electrons. The molecule has 0 unspecified atom stereocenters. The van der Waals surface area contributed by atoms with E-state index in [1.807, 2.05) is 0 Å². The maximum absolute atomic E-state index is 4.53. The van der Waals surface area contributed by atoms with Crippen LogP contribution in [0.15, 0.2) is 12.4 Å². The first kappa shape index (κ1) is 9.59. The van der Waals surface area contributed by atoms with Crippen LogP contribution in [0, 0.1) is 0 Å². The molecule has 1 spiro atoms. The van der Waals surface area contributed by atoms with Gasteiger partial charge in [0.1, 0.15) is 5.52 Å². The van der Waals surface area contributed by atoms with Gasteiger partial charge in [-0.1, -0.05) is 0 Å². The minimum absolute atomic E-state index is 0.443. The number of aromatic nitrogens is 3. The highest BCUT2D eigenvalue weighted by Crippen LogP contribution is 2.48. The molecule has 1 aliphatic heterocycles. The predicted octanol–water partition coefficient (Wildman–Crippen LogP) is 1.49. The lowest BCUT2D eigenvalue weighted by molar-refractivity contribution is 0.190. The van der Waals surface area contributed by atoms with E-state index in [0.29, 0.717) is 5.54 Å². The van der Waals surface area contributed by atoms with Gasteiger partial charge < -0.3 is 4.57 Å². The number of aryl methyl sites for hydroxylation is 1. The molecule has 1 aliphatic carbocycles. The van der Waals surface area contributed by atoms with Gasteiger partial charge >= 0.3 is 0 Å². The first-order valence-electron chi connectivity index (χ1n) is 6.20. The van der Waals surface area contributed by atoms with Crippen molar-refractivity contribution >= 4 is 11.2 Å². The zero-order chi connectivity index (χ0) is 11.6. The molecule has 0 atom stereocenters. The van der Waals surface area contributed by atoms with E-state index in [1.165, 1.54) is 24.1 Å². The minimum atomic E-state index is 0.443. The van der Waals surface area contributed by atoms with Gasteiger partial charge in [-0.25, -0.2) is 4.98 Å². The third-order valence-electron chi connectivity index (χ3n) is 4.57. The van der Waals surface area contributed by atoms with Crippen LogP contribution in [0.25, 0.3) is 11.2 Å². The van der Waals surface area contributed by atoms with Crippen LogP contribution in [-0.4, -0.2) is 32.0 Å². The summed E-state index contributed by atoms with van der Waals surface area (Å²) in [6.45, 7) is 1.03. The Labute approximate surface area is 100 Å². The number of hydrogen-bond acceptors (Lipinski definition) is 3. The summed E-state index contributed by atoms with van der Waals surface area (Å²) in [4.78, 5) is 11.5. The van der Waals surface area contributed by atoms with Crippen molar-refractivity contribution < 1.29 is 0 Å². The second kappa shape index (κ2) is 2.88. The molecule has 88 valence electrons. The average Bonchev–Trinajstić information content (AvgIpc) is 3.07. The molecular formula is C13H16N4. The summed E-state index contributed by atoms with van der Waals surface area (Å²) in [5.41, 5.74) is 5.42. The first-order chi connectivity index (χ1) is 8.21. The van der Waals surface area contributed by atoms with Gasteiger partial charge in [0.15, 0.2) is 5.65 Å². The molecule has 0 saturated heterocycles. The van der Waals surface area contributed by atoms with Crippen LogP contribution in [0.2, 0.25) is 0 Å². The minimum Gasteiger partial charge on any atom is -0.330 e. The van der Waals surface area contributed by atoms with E-state index in [-0.39, 0.29) is 0 Å². The van der Waals surface area contributed by atoms with Gasteiger partial charge in [0.2, 0.25) is 0 Å². The van der Waals surface area contributed by atoms with Crippen molar-refractivity contribution in [1.29, 1.82) is 0 Å². The summed E-state index contributed by atoms with van der Waals surface area (Å²) in [5, 5.41) is 0. The van der Waals surface area contributed by atoms with Crippen molar-refractivity contribution in [2.24, 2.45) is 7.05 Å². The van der Waals surface area contributed by atoms with Gasteiger partial charge in [0.05, 0.1) is 0 Å². The molecule has 4 heteroatoms. The van der Waals surface area contributed by atoms with E-state index in [1.54, 1.807) is 12.4 Å². The smallest absolute Gasteiger partial charge is 0.158 e. The average molecular weight is 228 g/mol. The first-order valence-corrected chi connectivity index (χ1v) is 6.20. The Morgan fingerprint density at radius 3 is 2.71 bits per heavy atom. The number of rotatable bonds is 0. The molecule has 2 aliphatic rings. The van der Waals surface area contributed by atoms with Crippen LogP contribution in [-0.2, 0) is 20.0 Å². The molecule has 0 amide bonds. The van der Waals surface area contributed by atoms with Crippen molar-refractivity contribution in [3.05, 3.63) is 23.7 Å². The normalized spacial score (nSPS) is 22.0. The highest BCUT2D eigenvalue weighted by molar-refractivity contribution is 5.78. The quantitative estimate of drug-likeness (QED) is 0.685. The van der Waals surface area contributed by atoms with Gasteiger partial charge in [-0.3, -0.25) is 9.88 Å². The third-order valence-corrected chi connectivity index (χ3v) is 4.57. The van der Waals surface area contributed by atoms with Crippen LogP contribution in [0.1, 0.15) is 24.1 Å². The summed E-state index contributed by atoms with van der Waals surface area (Å²) in [5.74, 6) is 0. The Balaban J connectivity index is 2.00. The Morgan fingerprint density at radius 2 is 1.94 bits per heavy atom. The lowest BCUT2D eigenvalue weighted by atomic mass is 9.97. The maximum atomic E-state index is 4.53. The van der Waals surface area contributed by atoms with Crippen molar-refractivity contribution in [3.63, 3.8) is 0 Å². The largest absolute Gasteiger partial charge is 0.330 e. The highest BCUT2D eigenvalue weighted by Gasteiger charge is 2.50. The third kappa shape index (κ3) is 1.11. The molecule has 1 saturated carbocycles. The fraction of sp³-hybridized carbons (Fsp3) is 0.538. The van der Waals surface area contributed by atoms with Crippen molar-refractivity contribution in [2.45, 2.75) is 31.3 Å². The van der Waals surface area contributed by atoms with E-state index >= 15 is 0 Å². The van der Waals surface area contributed by atoms with Crippen LogP contribution in [0.3, 0.4) is 0 Å². The van der Waals surface area contributed by atoms with E-state index in [9.17, 15) is 0 Å². The molecule has 0 N–H and O–H groups in total. The van der Waals surface area contributed by atoms with Gasteiger partial charge in [0.25, 0.3) is 0 Å². The molecule has 17 heavy (non-hydrogen) atoms. The topological polar surface area (TPSA) is 34.0 Å². The number of hydrogen-bond donors (Lipinski definition) is 0. The zero-order valence-corrected chi connectivity index (χ0v) is 10.3. The Hall–Kier alpha value is -1.42. The molecule has 2 aromatic rings. The highest BCUT2D eigenvalue weighted by atomic mass is 15.2. The van der Waals surface area contributed by atoms with Gasteiger partial charge in [-0.05, 0) is 26.3 Å². The molecule has 2 aromatic heterocycles. The summed E-state index contributed by atoms with van der Waals surface area (Å²) in [7, 11) is 4.35. The van der Waals surface area contributed by atoms with Gasteiger partial charge in [0, 0.05) is 42.8 Å². The second-order valence-electron chi connectivity index (χ2n) is 5.47. The summed E-state index contributed by atoms with van der Waals surface area (Å²) in [6.07, 6.45) is 7.40. The van der Waals surface area contributed by atoms with Crippen molar-refractivity contribution in [3.8, 4) is 0 Å². The van der Waals surface area contributed by atoms with Crippen molar-refractivity contribution in [1.82, 2.24) is 19.4 Å². The second-order valence-corrected chi connectivity index (χ2v) is 5.47. The maximum Gasteiger partial charge on any atom is 0.158 e. The molecule has 4 nitrogen and oxygen atoms in total. The molecular weight excluding hydrogens is 212 g/mol. The van der Waals surface area contributed by atoms with E-state index in [2.05, 4.69) is 33.5 Å². The lowest BCUT2D eigenvalue weighted by Crippen LogP contribution is -2.39. The fourth-order valence-electron chi connectivity index (χ4n) is 3.20. The molecule has 4 rings (SSSR count). The number of nitrogens with zero attached hydrogens (tertiary/aromatic N) is 4. The number of likely N-dealkylation sites (N-methyl/N-ethyl adjacent to an activating group) is 1. The van der Waals surface area contributed by atoms with Gasteiger partial charge in [-0.2, -0.15) is 0 Å². The van der Waals surface area contributed by atoms with Crippen LogP contribution in [0.5, 0.6) is 0 Å². The predicted molar refractivity (Wildman–Crippen MR) is 65.6 cm³/mol. The summed E-state index contributed by atoms with van der Waals surface area (Å²) < 4.78 is 2.21. The van der Waals surface area contributed by atoms with E-state index in [0.717, 1.165) is 24.1 Å². The standard InChI is InChI=1S/C13H16N4/c1-16-8-10-9(7-13(16)3-4-13)11-12(17(10)2)15-6-5-14-11/h5-6H,3-4,7-8H2,1-2H3. The SMILES string of the molecule is CN1Cc2c(c3nccnc3n2C)CC12CC2. The molecule has 1 fully saturated rings. The van der Waals surface area contributed by atoms with Crippen LogP contribution >= 0.6 is 0 Å². The fourth-order valence-corrected chi connectivity index (χ4v) is 3.20. The molecule has 0 bridgehead atoms. The van der Waals surface area contributed by atoms with Crippen LogP contribution < -0.4 is 0 Å².